The first kappa shape index (κ1) is 18.5. The average molecular weight is 361 g/mol. The van der Waals surface area contributed by atoms with Crippen molar-refractivity contribution in [2.24, 2.45) is 11.7 Å². The molecule has 7 nitrogen and oxygen atoms in total. The quantitative estimate of drug-likeness (QED) is 0.813. The van der Waals surface area contributed by atoms with Crippen molar-refractivity contribution in [2.45, 2.75) is 25.9 Å². The first-order valence-corrected chi connectivity index (χ1v) is 9.24. The number of benzene rings is 1. The number of fused-ring (bicyclic) bond motifs is 1. The Balaban J connectivity index is 1.49. The summed E-state index contributed by atoms with van der Waals surface area (Å²) in [4.78, 5) is 27.8. The van der Waals surface area contributed by atoms with Gasteiger partial charge in [-0.05, 0) is 45.0 Å². The lowest BCUT2D eigenvalue weighted by Gasteiger charge is -2.34. The minimum atomic E-state index is -0.235. The Kier molecular flexibility index (Phi) is 5.98. The van der Waals surface area contributed by atoms with Crippen LogP contribution in [0.1, 0.15) is 19.8 Å². The third-order valence-corrected chi connectivity index (χ3v) is 5.07. The number of carbonyl (C=O) groups excluding carboxylic acids is 2. The molecule has 1 aromatic rings. The average Bonchev–Trinajstić information content (AvgIpc) is 2.66. The number of rotatable bonds is 6. The molecule has 1 aromatic carbocycles. The molecule has 7 heteroatoms. The Hall–Kier alpha value is -2.28. The molecule has 1 saturated heterocycles. The lowest BCUT2D eigenvalue weighted by molar-refractivity contribution is -0.134. The fraction of sp³-hybridized carbons (Fsp3) is 0.579. The van der Waals surface area contributed by atoms with Crippen LogP contribution >= 0.6 is 0 Å². The number of nitrogens with zero attached hydrogens (tertiary/aromatic N) is 2. The van der Waals surface area contributed by atoms with Gasteiger partial charge in [-0.2, -0.15) is 0 Å². The molecular weight excluding hydrogens is 334 g/mol. The van der Waals surface area contributed by atoms with E-state index in [0.717, 1.165) is 37.4 Å². The van der Waals surface area contributed by atoms with Gasteiger partial charge in [-0.3, -0.25) is 14.5 Å². The minimum absolute atomic E-state index is 0.0588. The van der Waals surface area contributed by atoms with Crippen LogP contribution in [-0.2, 0) is 9.59 Å². The fourth-order valence-electron chi connectivity index (χ4n) is 3.47. The number of likely N-dealkylation sites (tertiary alicyclic amines) is 1. The van der Waals surface area contributed by atoms with Gasteiger partial charge >= 0.3 is 0 Å². The number of likely N-dealkylation sites (N-methyl/N-ethyl adjacent to an activating group) is 1. The van der Waals surface area contributed by atoms with Gasteiger partial charge in [-0.15, -0.1) is 0 Å². The first-order valence-electron chi connectivity index (χ1n) is 9.24. The summed E-state index contributed by atoms with van der Waals surface area (Å²) in [5.41, 5.74) is 5.36. The van der Waals surface area contributed by atoms with Gasteiger partial charge in [0.1, 0.15) is 6.61 Å². The summed E-state index contributed by atoms with van der Waals surface area (Å²) < 4.78 is 11.7. The summed E-state index contributed by atoms with van der Waals surface area (Å²) in [7, 11) is 0. The van der Waals surface area contributed by atoms with E-state index in [2.05, 4.69) is 4.90 Å². The van der Waals surface area contributed by atoms with Gasteiger partial charge in [0.2, 0.25) is 11.8 Å². The van der Waals surface area contributed by atoms with Crippen molar-refractivity contribution in [1.29, 1.82) is 0 Å². The number of primary amides is 1. The second-order valence-corrected chi connectivity index (χ2v) is 6.88. The molecule has 2 heterocycles. The zero-order valence-corrected chi connectivity index (χ0v) is 15.2. The molecule has 2 aliphatic rings. The van der Waals surface area contributed by atoms with Crippen LogP contribution in [0.25, 0.3) is 0 Å². The van der Waals surface area contributed by atoms with E-state index in [0.29, 0.717) is 26.2 Å². The number of ether oxygens (including phenoxy) is 2. The van der Waals surface area contributed by atoms with Crippen LogP contribution in [0.5, 0.6) is 11.5 Å². The van der Waals surface area contributed by atoms with Gasteiger partial charge < -0.3 is 20.1 Å². The molecule has 1 atom stereocenters. The largest absolute Gasteiger partial charge is 0.486 e. The maximum atomic E-state index is 12.7. The number of hydrogen-bond donors (Lipinski definition) is 1. The molecule has 142 valence electrons. The van der Waals surface area contributed by atoms with Crippen LogP contribution in [0.2, 0.25) is 0 Å². The van der Waals surface area contributed by atoms with E-state index >= 15 is 0 Å². The third kappa shape index (κ3) is 4.46. The van der Waals surface area contributed by atoms with Gasteiger partial charge in [0.15, 0.2) is 17.6 Å². The molecule has 1 fully saturated rings. The highest BCUT2D eigenvalue weighted by atomic mass is 16.6. The highest BCUT2D eigenvalue weighted by Gasteiger charge is 2.28. The lowest BCUT2D eigenvalue weighted by atomic mass is 9.96. The Morgan fingerprint density at radius 1 is 1.23 bits per heavy atom. The Bertz CT molecular complexity index is 643. The number of piperidine rings is 1. The van der Waals surface area contributed by atoms with Gasteiger partial charge in [0.25, 0.3) is 0 Å². The predicted octanol–water partition coefficient (Wildman–Crippen LogP) is 0.872. The molecule has 0 bridgehead atoms. The monoisotopic (exact) mass is 361 g/mol. The van der Waals surface area contributed by atoms with Crippen molar-refractivity contribution in [2.75, 3.05) is 39.3 Å². The molecule has 0 unspecified atom stereocenters. The Morgan fingerprint density at radius 2 is 1.92 bits per heavy atom. The summed E-state index contributed by atoms with van der Waals surface area (Å²) >= 11 is 0. The number of nitrogens with two attached hydrogens (primary N) is 1. The standard InChI is InChI=1S/C19H27N3O4/c1-2-22(11-15-13-25-16-5-3-4-6-17(16)26-15)18(23)12-21-9-7-14(8-10-21)19(20)24/h3-6,14-15H,2,7-13H2,1H3,(H2,20,24)/t15-/m0/s1. The molecule has 26 heavy (non-hydrogen) atoms. The maximum absolute atomic E-state index is 12.7. The lowest BCUT2D eigenvalue weighted by Crippen LogP contribution is -2.48. The normalized spacial score (nSPS) is 20.6. The number of amides is 2. The summed E-state index contributed by atoms with van der Waals surface area (Å²) in [5.74, 6) is 1.25. The van der Waals surface area contributed by atoms with Crippen LogP contribution in [-0.4, -0.2) is 67.0 Å². The Labute approximate surface area is 154 Å². The zero-order valence-electron chi connectivity index (χ0n) is 15.2. The van der Waals surface area contributed by atoms with Crippen LogP contribution in [0, 0.1) is 5.92 Å². The van der Waals surface area contributed by atoms with E-state index in [-0.39, 0.29) is 23.8 Å². The zero-order chi connectivity index (χ0) is 18.5. The fourth-order valence-corrected chi connectivity index (χ4v) is 3.47. The second kappa shape index (κ2) is 8.40. The number of para-hydroxylation sites is 2. The topological polar surface area (TPSA) is 85.1 Å². The van der Waals surface area contributed by atoms with E-state index in [1.54, 1.807) is 0 Å². The van der Waals surface area contributed by atoms with Crippen molar-refractivity contribution in [3.8, 4) is 11.5 Å². The van der Waals surface area contributed by atoms with Crippen LogP contribution in [0.4, 0.5) is 0 Å². The molecule has 3 rings (SSSR count). The summed E-state index contributed by atoms with van der Waals surface area (Å²) in [6, 6.07) is 7.57. The molecule has 0 spiro atoms. The SMILES string of the molecule is CCN(C[C@H]1COc2ccccc2O1)C(=O)CN1CCC(C(N)=O)CC1. The highest BCUT2D eigenvalue weighted by Crippen LogP contribution is 2.31. The molecule has 0 radical (unpaired) electrons. The molecule has 0 aromatic heterocycles. The highest BCUT2D eigenvalue weighted by molar-refractivity contribution is 5.78. The van der Waals surface area contributed by atoms with Crippen molar-refractivity contribution >= 4 is 11.8 Å². The van der Waals surface area contributed by atoms with Crippen molar-refractivity contribution in [3.05, 3.63) is 24.3 Å². The molecule has 2 N–H and O–H groups in total. The number of carbonyl (C=O) groups is 2. The van der Waals surface area contributed by atoms with Crippen molar-refractivity contribution < 1.29 is 19.1 Å². The first-order chi connectivity index (χ1) is 12.6. The van der Waals surface area contributed by atoms with Gasteiger partial charge in [-0.25, -0.2) is 0 Å². The predicted molar refractivity (Wildman–Crippen MR) is 97.0 cm³/mol. The van der Waals surface area contributed by atoms with E-state index < -0.39 is 0 Å². The second-order valence-electron chi connectivity index (χ2n) is 6.88. The molecule has 0 aliphatic carbocycles. The summed E-state index contributed by atoms with van der Waals surface area (Å²) in [6.07, 6.45) is 1.28. The molecule has 2 amide bonds. The van der Waals surface area contributed by atoms with Gasteiger partial charge in [-0.1, -0.05) is 12.1 Å². The van der Waals surface area contributed by atoms with E-state index in [1.807, 2.05) is 36.1 Å². The van der Waals surface area contributed by atoms with E-state index in [1.165, 1.54) is 0 Å². The smallest absolute Gasteiger partial charge is 0.236 e. The van der Waals surface area contributed by atoms with Crippen LogP contribution in [0.15, 0.2) is 24.3 Å². The molecule has 0 saturated carbocycles. The van der Waals surface area contributed by atoms with Crippen LogP contribution < -0.4 is 15.2 Å². The van der Waals surface area contributed by atoms with Gasteiger partial charge in [0.05, 0.1) is 13.1 Å². The third-order valence-electron chi connectivity index (χ3n) is 5.07. The van der Waals surface area contributed by atoms with E-state index in [9.17, 15) is 9.59 Å². The van der Waals surface area contributed by atoms with E-state index in [4.69, 9.17) is 15.2 Å². The number of hydrogen-bond acceptors (Lipinski definition) is 5. The van der Waals surface area contributed by atoms with Gasteiger partial charge in [0, 0.05) is 12.5 Å². The molecule has 2 aliphatic heterocycles. The summed E-state index contributed by atoms with van der Waals surface area (Å²) in [5, 5.41) is 0. The maximum Gasteiger partial charge on any atom is 0.236 e. The van der Waals surface area contributed by atoms with Crippen molar-refractivity contribution in [3.63, 3.8) is 0 Å². The van der Waals surface area contributed by atoms with Crippen molar-refractivity contribution in [1.82, 2.24) is 9.80 Å². The summed E-state index contributed by atoms with van der Waals surface area (Å²) in [6.45, 7) is 5.35. The Morgan fingerprint density at radius 3 is 2.58 bits per heavy atom. The minimum Gasteiger partial charge on any atom is -0.486 e. The molecular formula is C19H27N3O4. The van der Waals surface area contributed by atoms with Crippen LogP contribution in [0.3, 0.4) is 0 Å².